The molecule has 0 aliphatic carbocycles. The molecule has 2 aromatic heterocycles. The summed E-state index contributed by atoms with van der Waals surface area (Å²) < 4.78 is 0. The molecule has 6 aromatic carbocycles. The van der Waals surface area contributed by atoms with Gasteiger partial charge in [0.15, 0.2) is 11.6 Å². The van der Waals surface area contributed by atoms with E-state index in [0.29, 0.717) is 28.6 Å². The Morgan fingerprint density at radius 2 is 1.12 bits per heavy atom. The van der Waals surface area contributed by atoms with E-state index in [2.05, 4.69) is 42.5 Å². The molecule has 0 amide bonds. The van der Waals surface area contributed by atoms with Gasteiger partial charge in [-0.05, 0) is 46.5 Å². The van der Waals surface area contributed by atoms with Crippen molar-refractivity contribution in [1.82, 2.24) is 19.9 Å². The molecule has 0 radical (unpaired) electrons. The molecule has 0 atom stereocenters. The number of nitriles is 1. The van der Waals surface area contributed by atoms with Crippen LogP contribution in [-0.4, -0.2) is 19.9 Å². The number of pyridine rings is 1. The monoisotopic (exact) mass is 875 g/mol. The number of aromatic nitrogens is 4. The van der Waals surface area contributed by atoms with E-state index in [1.807, 2.05) is 140 Å². The van der Waals surface area contributed by atoms with Gasteiger partial charge in [0.1, 0.15) is 0 Å². The fourth-order valence-corrected chi connectivity index (χ4v) is 5.86. The van der Waals surface area contributed by atoms with Crippen LogP contribution in [0.25, 0.3) is 78.8 Å². The number of benzene rings is 6. The zero-order valence-corrected chi connectivity index (χ0v) is 31.5. The third-order valence-corrected chi connectivity index (χ3v) is 8.45. The minimum absolute atomic E-state index is 0. The quantitative estimate of drug-likeness (QED) is 0.149. The summed E-state index contributed by atoms with van der Waals surface area (Å²) in [5, 5.41) is 9.22. The average Bonchev–Trinajstić information content (AvgIpc) is 3.21. The summed E-state index contributed by atoms with van der Waals surface area (Å²) in [6, 6.07) is 61.1. The first-order valence-electron chi connectivity index (χ1n) is 16.2. The Bertz CT molecular complexity index is 2460. The van der Waals surface area contributed by atoms with E-state index < -0.39 is 0 Å². The van der Waals surface area contributed by atoms with Gasteiger partial charge < -0.3 is 0 Å². The molecule has 2 heterocycles. The van der Waals surface area contributed by atoms with Crippen LogP contribution in [0.5, 0.6) is 0 Å². The Balaban J connectivity index is 0.00000406. The smallest absolute Gasteiger partial charge is 0.264 e. The molecule has 0 aliphatic heterocycles. The van der Waals surface area contributed by atoms with E-state index in [0.717, 1.165) is 55.8 Å². The molecule has 0 saturated heterocycles. The molecule has 0 bridgehead atoms. The Morgan fingerprint density at radius 3 is 1.80 bits per heavy atom. The van der Waals surface area contributed by atoms with Gasteiger partial charge in [0.25, 0.3) is 0 Å². The van der Waals surface area contributed by atoms with Crippen LogP contribution >= 0.6 is 0 Å². The van der Waals surface area contributed by atoms with Gasteiger partial charge in [0.2, 0.25) is 0 Å². The predicted molar refractivity (Wildman–Crippen MR) is 198 cm³/mol. The van der Waals surface area contributed by atoms with Gasteiger partial charge in [-0.1, -0.05) is 108 Å². The van der Waals surface area contributed by atoms with Crippen molar-refractivity contribution in [2.75, 3.05) is 0 Å². The summed E-state index contributed by atoms with van der Waals surface area (Å²) in [6.45, 7) is 0. The number of hydrogen-bond donors (Lipinski definition) is 0. The molecule has 0 fully saturated rings. The molecule has 8 rings (SSSR count). The Morgan fingerprint density at radius 1 is 0.490 bits per heavy atom. The van der Waals surface area contributed by atoms with E-state index in [4.69, 9.17) is 19.9 Å². The molecule has 5 nitrogen and oxygen atoms in total. The first-order valence-corrected chi connectivity index (χ1v) is 16.2. The zero-order valence-electron chi connectivity index (χ0n) is 27.3. The first kappa shape index (κ1) is 33.5. The standard InChI is InChI=1S/C45H27N5.U/c46-29-31-19-21-34(22-20-31)39-24-26-42(47-30-39)40-25-23-37(33-13-6-2-7-14-33)28-41(40)45-49-43(35-15-8-3-9-16-35)48-44(50-45)38-18-10-17-36(27-38)32-11-4-1-5-12-32;/h1-13,15-27,30H;/q-2;+2. The van der Waals surface area contributed by atoms with Gasteiger partial charge >= 0.3 is 31.1 Å². The summed E-state index contributed by atoms with van der Waals surface area (Å²) in [4.78, 5) is 20.1. The molecule has 0 spiro atoms. The van der Waals surface area contributed by atoms with Gasteiger partial charge in [-0.15, -0.1) is 12.1 Å². The van der Waals surface area contributed by atoms with E-state index in [1.165, 1.54) is 0 Å². The average molecular weight is 876 g/mol. The third kappa shape index (κ3) is 7.32. The van der Waals surface area contributed by atoms with Crippen molar-refractivity contribution in [3.8, 4) is 84.9 Å². The van der Waals surface area contributed by atoms with Crippen molar-refractivity contribution in [2.24, 2.45) is 0 Å². The van der Waals surface area contributed by atoms with Crippen molar-refractivity contribution < 1.29 is 31.1 Å². The molecular formula is C45H27N5U. The zero-order chi connectivity index (χ0) is 33.7. The second-order valence-electron chi connectivity index (χ2n) is 11.7. The number of nitrogens with zero attached hydrogens (tertiary/aromatic N) is 5. The summed E-state index contributed by atoms with van der Waals surface area (Å²) in [6.07, 6.45) is 1.85. The molecule has 8 aromatic rings. The first-order chi connectivity index (χ1) is 24.7. The predicted octanol–water partition coefficient (Wildman–Crippen LogP) is 10.4. The SMILES string of the molecule is N#Cc1ccc(-c2ccc(-c3ccc(-c4[c-]cccc4)[c-]c3-c3nc(-c4ccccc4)nc(-c4cccc(-c5ccccc5)c4)n3)nc2)cc1.[U+2]. The van der Waals surface area contributed by atoms with Crippen LogP contribution in [0.1, 0.15) is 5.56 Å². The molecule has 0 unspecified atom stereocenters. The van der Waals surface area contributed by atoms with Crippen molar-refractivity contribution in [3.05, 3.63) is 182 Å². The Labute approximate surface area is 320 Å². The maximum Gasteiger partial charge on any atom is 2.00 e. The summed E-state index contributed by atoms with van der Waals surface area (Å²) in [5.41, 5.74) is 10.6. The second-order valence-corrected chi connectivity index (χ2v) is 11.7. The van der Waals surface area contributed by atoms with Crippen LogP contribution < -0.4 is 0 Å². The summed E-state index contributed by atoms with van der Waals surface area (Å²) >= 11 is 0. The largest absolute Gasteiger partial charge is 2.00 e. The van der Waals surface area contributed by atoms with E-state index in [-0.39, 0.29) is 31.1 Å². The van der Waals surface area contributed by atoms with E-state index in [9.17, 15) is 5.26 Å². The molecule has 51 heavy (non-hydrogen) atoms. The van der Waals surface area contributed by atoms with Gasteiger partial charge in [0, 0.05) is 23.0 Å². The molecule has 6 heteroatoms. The van der Waals surface area contributed by atoms with Crippen LogP contribution in [0.2, 0.25) is 0 Å². The van der Waals surface area contributed by atoms with Crippen LogP contribution in [-0.2, 0) is 0 Å². The van der Waals surface area contributed by atoms with Crippen molar-refractivity contribution in [1.29, 1.82) is 5.26 Å². The topological polar surface area (TPSA) is 75.3 Å². The molecular weight excluding hydrogens is 849 g/mol. The maximum atomic E-state index is 9.22. The minimum Gasteiger partial charge on any atom is -0.264 e. The maximum absolute atomic E-state index is 9.22. The third-order valence-electron chi connectivity index (χ3n) is 8.45. The molecule has 0 aliphatic rings. The van der Waals surface area contributed by atoms with Gasteiger partial charge in [-0.25, -0.2) is 20.5 Å². The van der Waals surface area contributed by atoms with Crippen LogP contribution in [0.4, 0.5) is 0 Å². The number of rotatable bonds is 7. The Kier molecular flexibility index (Phi) is 10.0. The Hall–Kier alpha value is -5.98. The van der Waals surface area contributed by atoms with E-state index >= 15 is 0 Å². The molecule has 236 valence electrons. The number of hydrogen-bond acceptors (Lipinski definition) is 5. The van der Waals surface area contributed by atoms with Crippen LogP contribution in [0.3, 0.4) is 0 Å². The van der Waals surface area contributed by atoms with Crippen molar-refractivity contribution in [3.63, 3.8) is 0 Å². The second kappa shape index (κ2) is 15.3. The molecule has 0 saturated carbocycles. The van der Waals surface area contributed by atoms with Gasteiger partial charge in [-0.2, -0.15) is 47.2 Å². The van der Waals surface area contributed by atoms with Crippen LogP contribution in [0, 0.1) is 54.6 Å². The minimum atomic E-state index is 0. The van der Waals surface area contributed by atoms with E-state index in [1.54, 1.807) is 0 Å². The van der Waals surface area contributed by atoms with Gasteiger partial charge in [-0.3, -0.25) is 4.98 Å². The summed E-state index contributed by atoms with van der Waals surface area (Å²) in [5.74, 6) is 1.62. The van der Waals surface area contributed by atoms with Crippen molar-refractivity contribution >= 4 is 0 Å². The van der Waals surface area contributed by atoms with Gasteiger partial charge in [0.05, 0.1) is 17.5 Å². The fourth-order valence-electron chi connectivity index (χ4n) is 5.86. The fraction of sp³-hybridized carbons (Fsp3) is 0. The molecule has 0 N–H and O–H groups in total. The normalized spacial score (nSPS) is 10.6. The summed E-state index contributed by atoms with van der Waals surface area (Å²) in [7, 11) is 0. The van der Waals surface area contributed by atoms with Crippen LogP contribution in [0.15, 0.2) is 164 Å². The van der Waals surface area contributed by atoms with Crippen molar-refractivity contribution in [2.45, 2.75) is 0 Å².